The lowest BCUT2D eigenvalue weighted by molar-refractivity contribution is 0.505. The third kappa shape index (κ3) is 3.59. The molecule has 0 unspecified atom stereocenters. The van der Waals surface area contributed by atoms with Gasteiger partial charge in [-0.25, -0.2) is 22.5 Å². The molecule has 0 bridgehead atoms. The predicted octanol–water partition coefficient (Wildman–Crippen LogP) is 4.54. The van der Waals surface area contributed by atoms with E-state index in [4.69, 9.17) is 6.42 Å². The predicted molar refractivity (Wildman–Crippen MR) is 90.6 cm³/mol. The summed E-state index contributed by atoms with van der Waals surface area (Å²) in [7, 11) is 0. The Labute approximate surface area is 145 Å². The van der Waals surface area contributed by atoms with Crippen LogP contribution in [0.2, 0.25) is 0 Å². The van der Waals surface area contributed by atoms with E-state index in [0.29, 0.717) is 24.2 Å². The van der Waals surface area contributed by atoms with Crippen molar-refractivity contribution in [1.29, 1.82) is 0 Å². The lowest BCUT2D eigenvalue weighted by atomic mass is 10.1. The molecule has 3 aromatic rings. The second-order valence-electron chi connectivity index (χ2n) is 5.33. The monoisotopic (exact) mass is 364 g/mol. The summed E-state index contributed by atoms with van der Waals surface area (Å²) in [6.45, 7) is 0.591. The maximum atomic E-state index is 13.8. The third-order valence-electron chi connectivity index (χ3n) is 3.64. The van der Waals surface area contributed by atoms with Crippen molar-refractivity contribution in [3.8, 4) is 12.3 Å². The van der Waals surface area contributed by atoms with E-state index in [1.54, 1.807) is 17.0 Å². The van der Waals surface area contributed by atoms with Gasteiger partial charge in [0.15, 0.2) is 16.8 Å². The van der Waals surface area contributed by atoms with Crippen LogP contribution >= 0.6 is 11.3 Å². The van der Waals surface area contributed by atoms with Crippen LogP contribution in [0, 0.1) is 35.6 Å². The Hall–Kier alpha value is -2.59. The topological polar surface area (TPSA) is 16.1 Å². The molecular weight excluding hydrogens is 352 g/mol. The van der Waals surface area contributed by atoms with Crippen LogP contribution in [0.3, 0.4) is 0 Å². The van der Waals surface area contributed by atoms with Crippen LogP contribution in [-0.2, 0) is 6.42 Å². The van der Waals surface area contributed by atoms with Crippen LogP contribution in [0.25, 0.3) is 10.2 Å². The van der Waals surface area contributed by atoms with Gasteiger partial charge in [0.25, 0.3) is 0 Å². The first-order valence-electron chi connectivity index (χ1n) is 7.36. The number of rotatable bonds is 5. The fraction of sp³-hybridized carbons (Fsp3) is 0.167. The zero-order chi connectivity index (χ0) is 18.0. The van der Waals surface area contributed by atoms with E-state index < -0.39 is 17.5 Å². The summed E-state index contributed by atoms with van der Waals surface area (Å²) in [4.78, 5) is 5.68. The van der Waals surface area contributed by atoms with Gasteiger partial charge in [0.05, 0.1) is 11.2 Å². The first-order valence-corrected chi connectivity index (χ1v) is 8.18. The molecule has 0 atom stereocenters. The standard InChI is InChI=1S/C18H12F4N2S/c1-2-8-24(9-7-11-3-5-12(19)6-4-11)18-23-16-15(22)13(20)10-14(21)17(16)25-18/h1,3-6,10H,7-9H2. The Kier molecular flexibility index (Phi) is 4.91. The Bertz CT molecular complexity index is 944. The van der Waals surface area contributed by atoms with Crippen LogP contribution in [0.1, 0.15) is 5.56 Å². The van der Waals surface area contributed by atoms with Gasteiger partial charge in [-0.3, -0.25) is 0 Å². The summed E-state index contributed by atoms with van der Waals surface area (Å²) in [6, 6.07) is 6.51. The molecular formula is C18H12F4N2S. The molecule has 0 saturated heterocycles. The summed E-state index contributed by atoms with van der Waals surface area (Å²) in [5.74, 6) is -1.19. The van der Waals surface area contributed by atoms with E-state index in [9.17, 15) is 17.6 Å². The number of anilines is 1. The highest BCUT2D eigenvalue weighted by Gasteiger charge is 2.20. The molecule has 1 heterocycles. The minimum Gasteiger partial charge on any atom is -0.337 e. The molecule has 0 saturated carbocycles. The Morgan fingerprint density at radius 3 is 2.48 bits per heavy atom. The number of hydrogen-bond donors (Lipinski definition) is 0. The Morgan fingerprint density at radius 1 is 1.08 bits per heavy atom. The van der Waals surface area contributed by atoms with Gasteiger partial charge in [-0.05, 0) is 24.1 Å². The Balaban J connectivity index is 1.88. The lowest BCUT2D eigenvalue weighted by Crippen LogP contribution is -2.26. The minimum atomic E-state index is -1.28. The normalized spacial score (nSPS) is 10.8. The van der Waals surface area contributed by atoms with Crippen molar-refractivity contribution >= 4 is 26.7 Å². The van der Waals surface area contributed by atoms with Gasteiger partial charge in [0.2, 0.25) is 0 Å². The molecule has 0 N–H and O–H groups in total. The Morgan fingerprint density at radius 2 is 1.80 bits per heavy atom. The van der Waals surface area contributed by atoms with Crippen LogP contribution < -0.4 is 4.90 Å². The SMILES string of the molecule is C#CCN(CCc1ccc(F)cc1)c1nc2c(F)c(F)cc(F)c2s1. The number of fused-ring (bicyclic) bond motifs is 1. The zero-order valence-corrected chi connectivity index (χ0v) is 13.7. The van der Waals surface area contributed by atoms with Gasteiger partial charge in [-0.2, -0.15) is 0 Å². The van der Waals surface area contributed by atoms with Gasteiger partial charge >= 0.3 is 0 Å². The molecule has 0 aliphatic carbocycles. The zero-order valence-electron chi connectivity index (χ0n) is 12.9. The van der Waals surface area contributed by atoms with Gasteiger partial charge in [0.1, 0.15) is 17.2 Å². The van der Waals surface area contributed by atoms with Gasteiger partial charge < -0.3 is 4.90 Å². The molecule has 0 radical (unpaired) electrons. The minimum absolute atomic E-state index is 0.0577. The quantitative estimate of drug-likeness (QED) is 0.376. The van der Waals surface area contributed by atoms with E-state index >= 15 is 0 Å². The van der Waals surface area contributed by atoms with Crippen LogP contribution in [0.15, 0.2) is 30.3 Å². The second-order valence-corrected chi connectivity index (χ2v) is 6.31. The third-order valence-corrected chi connectivity index (χ3v) is 4.76. The number of thiazole rings is 1. The molecule has 0 aliphatic heterocycles. The van der Waals surface area contributed by atoms with Gasteiger partial charge in [-0.1, -0.05) is 29.4 Å². The van der Waals surface area contributed by atoms with Crippen molar-refractivity contribution in [2.75, 3.05) is 18.0 Å². The summed E-state index contributed by atoms with van der Waals surface area (Å²) in [6.07, 6.45) is 5.90. The van der Waals surface area contributed by atoms with Crippen molar-refractivity contribution in [2.45, 2.75) is 6.42 Å². The highest BCUT2D eigenvalue weighted by Crippen LogP contribution is 2.33. The summed E-state index contributed by atoms with van der Waals surface area (Å²) in [5, 5.41) is 0.304. The highest BCUT2D eigenvalue weighted by atomic mass is 32.1. The maximum absolute atomic E-state index is 13.8. The molecule has 2 nitrogen and oxygen atoms in total. The van der Waals surface area contributed by atoms with Crippen LogP contribution in [0.4, 0.5) is 22.7 Å². The number of nitrogens with zero attached hydrogens (tertiary/aromatic N) is 2. The highest BCUT2D eigenvalue weighted by molar-refractivity contribution is 7.22. The number of terminal acetylenes is 1. The van der Waals surface area contributed by atoms with E-state index in [-0.39, 0.29) is 22.6 Å². The molecule has 0 aliphatic rings. The summed E-state index contributed by atoms with van der Waals surface area (Å²) >= 11 is 0.910. The van der Waals surface area contributed by atoms with Crippen molar-refractivity contribution in [2.24, 2.45) is 0 Å². The average molecular weight is 364 g/mol. The lowest BCUT2D eigenvalue weighted by Gasteiger charge is -2.18. The number of halogens is 4. The fourth-order valence-electron chi connectivity index (χ4n) is 2.38. The molecule has 128 valence electrons. The fourth-order valence-corrected chi connectivity index (χ4v) is 3.37. The number of benzene rings is 2. The van der Waals surface area contributed by atoms with Gasteiger partial charge in [-0.15, -0.1) is 6.42 Å². The number of hydrogen-bond acceptors (Lipinski definition) is 3. The molecule has 2 aromatic carbocycles. The smallest absolute Gasteiger partial charge is 0.187 e. The summed E-state index contributed by atoms with van der Waals surface area (Å²) < 4.78 is 53.9. The molecule has 25 heavy (non-hydrogen) atoms. The molecule has 3 rings (SSSR count). The largest absolute Gasteiger partial charge is 0.337 e. The average Bonchev–Trinajstić information content (AvgIpc) is 3.04. The summed E-state index contributed by atoms with van der Waals surface area (Å²) in [5.41, 5.74) is 0.536. The maximum Gasteiger partial charge on any atom is 0.187 e. The molecule has 7 heteroatoms. The van der Waals surface area contributed by atoms with Crippen molar-refractivity contribution in [3.63, 3.8) is 0 Å². The van der Waals surface area contributed by atoms with Gasteiger partial charge in [0, 0.05) is 12.6 Å². The van der Waals surface area contributed by atoms with Crippen molar-refractivity contribution in [3.05, 3.63) is 59.2 Å². The van der Waals surface area contributed by atoms with E-state index in [0.717, 1.165) is 16.9 Å². The molecule has 0 spiro atoms. The first-order chi connectivity index (χ1) is 12.0. The van der Waals surface area contributed by atoms with E-state index in [1.807, 2.05) is 0 Å². The van der Waals surface area contributed by atoms with Crippen LogP contribution in [0.5, 0.6) is 0 Å². The van der Waals surface area contributed by atoms with Crippen LogP contribution in [-0.4, -0.2) is 18.1 Å². The second kappa shape index (κ2) is 7.11. The molecule has 1 aromatic heterocycles. The van der Waals surface area contributed by atoms with E-state index in [2.05, 4.69) is 10.9 Å². The van der Waals surface area contributed by atoms with Crippen molar-refractivity contribution in [1.82, 2.24) is 4.98 Å². The molecule has 0 fully saturated rings. The molecule has 0 amide bonds. The number of aromatic nitrogens is 1. The van der Waals surface area contributed by atoms with Crippen molar-refractivity contribution < 1.29 is 17.6 Å². The first kappa shape index (κ1) is 17.2. The van der Waals surface area contributed by atoms with E-state index in [1.165, 1.54) is 12.1 Å².